The molecule has 9 heteroatoms. The summed E-state index contributed by atoms with van der Waals surface area (Å²) in [4.78, 5) is 20.4. The molecule has 20 heavy (non-hydrogen) atoms. The molecule has 0 radical (unpaired) electrons. The number of amidine groups is 1. The van der Waals surface area contributed by atoms with Crippen molar-refractivity contribution in [1.29, 1.82) is 0 Å². The Bertz CT molecular complexity index is 556. The van der Waals surface area contributed by atoms with Gasteiger partial charge in [-0.15, -0.1) is 11.3 Å². The highest BCUT2D eigenvalue weighted by molar-refractivity contribution is 9.10. The molecule has 1 aromatic heterocycles. The number of aldehydes is 1. The molecule has 3 rings (SSSR count). The first kappa shape index (κ1) is 14.9. The quantitative estimate of drug-likeness (QED) is 0.616. The first-order valence-electron chi connectivity index (χ1n) is 6.05. The fraction of sp³-hybridized carbons (Fsp3) is 0.545. The number of nitrogens with one attached hydrogen (secondary N) is 1. The highest BCUT2D eigenvalue weighted by Gasteiger charge is 2.50. The fourth-order valence-electron chi connectivity index (χ4n) is 2.52. The third-order valence-corrected chi connectivity index (χ3v) is 6.81. The molecule has 1 N–H and O–H groups in total. The van der Waals surface area contributed by atoms with E-state index in [9.17, 15) is 4.79 Å². The molecule has 2 unspecified atom stereocenters. The third-order valence-electron chi connectivity index (χ3n) is 3.55. The average molecular weight is 394 g/mol. The summed E-state index contributed by atoms with van der Waals surface area (Å²) in [6, 6.07) is 0. The Hall–Kier alpha value is -0.0100. The molecule has 3 heterocycles. The number of aliphatic imine (C=N–C) groups is 1. The normalized spacial score (nSPS) is 33.2. The minimum atomic E-state index is -0.472. The van der Waals surface area contributed by atoms with Gasteiger partial charge < -0.3 is 14.6 Å². The van der Waals surface area contributed by atoms with Crippen LogP contribution in [0.25, 0.3) is 0 Å². The van der Waals surface area contributed by atoms with E-state index in [0.717, 1.165) is 26.8 Å². The second kappa shape index (κ2) is 6.01. The maximum absolute atomic E-state index is 11.0. The highest BCUT2D eigenvalue weighted by atomic mass is 79.9. The molecular weight excluding hydrogens is 381 g/mol. The summed E-state index contributed by atoms with van der Waals surface area (Å²) in [5.41, 5.74) is -0.472. The van der Waals surface area contributed by atoms with Crippen molar-refractivity contribution < 1.29 is 9.53 Å². The molecular formula is C11H13BrN3O2PS2. The number of hydrogen-bond donors (Lipinski definition) is 1. The molecule has 1 aromatic rings. The van der Waals surface area contributed by atoms with Gasteiger partial charge in [0.15, 0.2) is 5.17 Å². The van der Waals surface area contributed by atoms with E-state index in [1.54, 1.807) is 23.1 Å². The number of hydrogen-bond acceptors (Lipinski definition) is 7. The number of thiazole rings is 1. The Labute approximate surface area is 135 Å². The van der Waals surface area contributed by atoms with Crippen LogP contribution in [0.5, 0.6) is 0 Å². The molecule has 2 aliphatic heterocycles. The van der Waals surface area contributed by atoms with Crippen LogP contribution < -0.4 is 5.09 Å². The standard InChI is InChI=1S/C11H13BrN3O2PS2/c12-8-4-19-9(13-8)11-5-17-7(2-16)1-6(11)3-20-10(14-11)15-18/h2,4,6-7H,1,3,5,18H2,(H,14,15)/t6-,7?,11-/m0/s1. The predicted octanol–water partition coefficient (Wildman–Crippen LogP) is 2.19. The number of fused-ring (bicyclic) bond motifs is 1. The first-order valence-corrected chi connectivity index (χ1v) is 9.29. The van der Waals surface area contributed by atoms with Crippen LogP contribution in [0.1, 0.15) is 11.4 Å². The van der Waals surface area contributed by atoms with Crippen molar-refractivity contribution in [1.82, 2.24) is 10.1 Å². The zero-order valence-electron chi connectivity index (χ0n) is 10.4. The van der Waals surface area contributed by atoms with Crippen LogP contribution >= 0.6 is 48.4 Å². The Kier molecular flexibility index (Phi) is 4.48. The van der Waals surface area contributed by atoms with Gasteiger partial charge in [0.1, 0.15) is 27.5 Å². The molecule has 0 bridgehead atoms. The molecule has 0 saturated carbocycles. The topological polar surface area (TPSA) is 63.6 Å². The van der Waals surface area contributed by atoms with E-state index in [0.29, 0.717) is 13.0 Å². The van der Waals surface area contributed by atoms with Crippen LogP contribution in [0.15, 0.2) is 15.0 Å². The van der Waals surface area contributed by atoms with Crippen LogP contribution in [0, 0.1) is 5.92 Å². The minimum Gasteiger partial charge on any atom is -0.368 e. The van der Waals surface area contributed by atoms with Gasteiger partial charge in [-0.25, -0.2) is 9.98 Å². The molecule has 0 aliphatic carbocycles. The molecule has 0 amide bonds. The molecule has 108 valence electrons. The average Bonchev–Trinajstić information content (AvgIpc) is 2.93. The summed E-state index contributed by atoms with van der Waals surface area (Å²) in [5, 5.41) is 6.80. The third kappa shape index (κ3) is 2.57. The number of ether oxygens (including phenoxy) is 1. The summed E-state index contributed by atoms with van der Waals surface area (Å²) >= 11 is 6.65. The lowest BCUT2D eigenvalue weighted by Crippen LogP contribution is -2.50. The highest BCUT2D eigenvalue weighted by Crippen LogP contribution is 2.47. The largest absolute Gasteiger partial charge is 0.368 e. The number of aromatic nitrogens is 1. The van der Waals surface area contributed by atoms with Crippen molar-refractivity contribution in [2.75, 3.05) is 12.4 Å². The Morgan fingerprint density at radius 1 is 1.65 bits per heavy atom. The number of nitrogens with zero attached hydrogens (tertiary/aromatic N) is 2. The zero-order valence-corrected chi connectivity index (χ0v) is 14.8. The second-order valence-corrected chi connectivity index (χ2v) is 7.66. The van der Waals surface area contributed by atoms with Crippen molar-refractivity contribution >= 4 is 59.9 Å². The fourth-order valence-corrected chi connectivity index (χ4v) is 5.38. The SMILES string of the molecule is O=CC1C[C@H]2CSC(NP)=N[C@@]2(c2nc(Br)cs2)CO1. The Balaban J connectivity index is 2.02. The summed E-state index contributed by atoms with van der Waals surface area (Å²) in [6.07, 6.45) is 1.26. The van der Waals surface area contributed by atoms with Crippen LogP contribution in [-0.4, -0.2) is 34.9 Å². The van der Waals surface area contributed by atoms with Gasteiger partial charge in [-0.2, -0.15) is 0 Å². The Morgan fingerprint density at radius 3 is 3.15 bits per heavy atom. The van der Waals surface area contributed by atoms with E-state index in [1.807, 2.05) is 5.38 Å². The van der Waals surface area contributed by atoms with Gasteiger partial charge in [0.25, 0.3) is 0 Å². The molecule has 2 aliphatic rings. The monoisotopic (exact) mass is 393 g/mol. The predicted molar refractivity (Wildman–Crippen MR) is 88.1 cm³/mol. The number of rotatable bonds is 2. The van der Waals surface area contributed by atoms with Crippen molar-refractivity contribution in [3.05, 3.63) is 15.0 Å². The first-order chi connectivity index (χ1) is 9.68. The molecule has 1 fully saturated rings. The van der Waals surface area contributed by atoms with Crippen LogP contribution in [0.3, 0.4) is 0 Å². The van der Waals surface area contributed by atoms with Crippen molar-refractivity contribution in [3.8, 4) is 0 Å². The van der Waals surface area contributed by atoms with E-state index < -0.39 is 5.54 Å². The molecule has 0 spiro atoms. The number of carbonyl (C=O) groups excluding carboxylic acids is 1. The number of thioether (sulfide) groups is 1. The molecule has 4 atom stereocenters. The molecule has 5 nitrogen and oxygen atoms in total. The van der Waals surface area contributed by atoms with E-state index in [1.165, 1.54) is 0 Å². The van der Waals surface area contributed by atoms with E-state index in [4.69, 9.17) is 9.73 Å². The summed E-state index contributed by atoms with van der Waals surface area (Å²) in [7, 11) is 2.47. The van der Waals surface area contributed by atoms with Crippen LogP contribution in [0.4, 0.5) is 0 Å². The lowest BCUT2D eigenvalue weighted by molar-refractivity contribution is -0.126. The van der Waals surface area contributed by atoms with Crippen LogP contribution in [-0.2, 0) is 15.1 Å². The number of carbonyl (C=O) groups is 1. The van der Waals surface area contributed by atoms with Crippen molar-refractivity contribution in [2.45, 2.75) is 18.1 Å². The summed E-state index contributed by atoms with van der Waals surface area (Å²) in [5.74, 6) is 1.17. The van der Waals surface area contributed by atoms with Crippen LogP contribution in [0.2, 0.25) is 0 Å². The molecule has 1 saturated heterocycles. The maximum atomic E-state index is 11.0. The van der Waals surface area contributed by atoms with E-state index in [-0.39, 0.29) is 12.0 Å². The lowest BCUT2D eigenvalue weighted by atomic mass is 9.80. The van der Waals surface area contributed by atoms with E-state index >= 15 is 0 Å². The number of halogens is 1. The second-order valence-electron chi connectivity index (χ2n) is 4.69. The van der Waals surface area contributed by atoms with Gasteiger partial charge in [0.2, 0.25) is 0 Å². The molecule has 0 aromatic carbocycles. The van der Waals surface area contributed by atoms with Gasteiger partial charge in [-0.05, 0) is 31.7 Å². The van der Waals surface area contributed by atoms with Gasteiger partial charge in [-0.1, -0.05) is 11.8 Å². The summed E-state index contributed by atoms with van der Waals surface area (Å²) < 4.78 is 6.51. The van der Waals surface area contributed by atoms with Gasteiger partial charge in [0.05, 0.1) is 6.61 Å². The maximum Gasteiger partial charge on any atom is 0.160 e. The summed E-state index contributed by atoms with van der Waals surface area (Å²) in [6.45, 7) is 0.400. The zero-order chi connectivity index (χ0) is 14.2. The van der Waals surface area contributed by atoms with Gasteiger partial charge in [-0.3, -0.25) is 0 Å². The van der Waals surface area contributed by atoms with E-state index in [2.05, 4.69) is 35.4 Å². The van der Waals surface area contributed by atoms with Gasteiger partial charge >= 0.3 is 0 Å². The Morgan fingerprint density at radius 2 is 2.50 bits per heavy atom. The van der Waals surface area contributed by atoms with Crippen molar-refractivity contribution in [3.63, 3.8) is 0 Å². The smallest absolute Gasteiger partial charge is 0.160 e. The minimum absolute atomic E-state index is 0.261. The lowest BCUT2D eigenvalue weighted by Gasteiger charge is -2.43. The van der Waals surface area contributed by atoms with Gasteiger partial charge in [0, 0.05) is 17.1 Å². The van der Waals surface area contributed by atoms with Crippen molar-refractivity contribution in [2.24, 2.45) is 10.9 Å².